The van der Waals surface area contributed by atoms with Gasteiger partial charge < -0.3 is 25.4 Å². The summed E-state index contributed by atoms with van der Waals surface area (Å²) in [5, 5.41) is 9.22. The van der Waals surface area contributed by atoms with Crippen LogP contribution in [0.25, 0.3) is 0 Å². The third-order valence-corrected chi connectivity index (χ3v) is 3.39. The van der Waals surface area contributed by atoms with Crippen molar-refractivity contribution >= 4 is 41.5 Å². The summed E-state index contributed by atoms with van der Waals surface area (Å²) in [6.45, 7) is 5.24. The number of nitrogens with one attached hydrogen (secondary N) is 3. The zero-order valence-electron chi connectivity index (χ0n) is 14.9. The van der Waals surface area contributed by atoms with Crippen molar-refractivity contribution in [1.29, 1.82) is 0 Å². The summed E-state index contributed by atoms with van der Waals surface area (Å²) >= 11 is 0. The summed E-state index contributed by atoms with van der Waals surface area (Å²) in [6.07, 6.45) is 2.14. The number of guanidine groups is 1. The second kappa shape index (κ2) is 11.0. The largest absolute Gasteiger partial charge is 0.493 e. The van der Waals surface area contributed by atoms with E-state index in [2.05, 4.69) is 20.9 Å². The van der Waals surface area contributed by atoms with E-state index >= 15 is 0 Å². The molecule has 0 radical (unpaired) electrons. The Morgan fingerprint density at radius 3 is 2.64 bits per heavy atom. The van der Waals surface area contributed by atoms with E-state index in [-0.39, 0.29) is 36.4 Å². The molecule has 1 aromatic carbocycles. The number of hydrogen-bond donors (Lipinski definition) is 3. The summed E-state index contributed by atoms with van der Waals surface area (Å²) in [5.74, 6) is 1.83. The molecule has 1 saturated carbocycles. The lowest BCUT2D eigenvalue weighted by Gasteiger charge is -2.14. The summed E-state index contributed by atoms with van der Waals surface area (Å²) < 4.78 is 10.8. The first-order valence-electron chi connectivity index (χ1n) is 8.31. The predicted molar refractivity (Wildman–Crippen MR) is 110 cm³/mol. The van der Waals surface area contributed by atoms with Crippen LogP contribution in [0.2, 0.25) is 0 Å². The predicted octanol–water partition coefficient (Wildman–Crippen LogP) is 2.37. The zero-order valence-corrected chi connectivity index (χ0v) is 17.3. The molecule has 0 aromatic heterocycles. The summed E-state index contributed by atoms with van der Waals surface area (Å²) in [5.41, 5.74) is 0.807. The van der Waals surface area contributed by atoms with Gasteiger partial charge >= 0.3 is 0 Å². The van der Waals surface area contributed by atoms with Crippen LogP contribution in [0, 0.1) is 0 Å². The fourth-order valence-corrected chi connectivity index (χ4v) is 2.12. The molecule has 0 spiro atoms. The summed E-state index contributed by atoms with van der Waals surface area (Å²) in [6, 6.07) is 5.90. The van der Waals surface area contributed by atoms with Gasteiger partial charge in [0.05, 0.1) is 13.7 Å². The highest BCUT2D eigenvalue weighted by Crippen LogP contribution is 2.30. The Balaban J connectivity index is 0.00000312. The molecule has 8 heteroatoms. The van der Waals surface area contributed by atoms with E-state index < -0.39 is 0 Å². The molecule has 7 nitrogen and oxygen atoms in total. The minimum Gasteiger partial charge on any atom is -0.493 e. The smallest absolute Gasteiger partial charge is 0.242 e. The van der Waals surface area contributed by atoms with Gasteiger partial charge in [0.2, 0.25) is 5.91 Å². The van der Waals surface area contributed by atoms with Gasteiger partial charge in [-0.15, -0.1) is 24.0 Å². The van der Waals surface area contributed by atoms with E-state index in [4.69, 9.17) is 9.47 Å². The van der Waals surface area contributed by atoms with Crippen LogP contribution >= 0.6 is 24.0 Å². The van der Waals surface area contributed by atoms with Crippen molar-refractivity contribution in [3.05, 3.63) is 18.2 Å². The van der Waals surface area contributed by atoms with Gasteiger partial charge in [0.25, 0.3) is 0 Å². The molecule has 0 unspecified atom stereocenters. The molecule has 0 heterocycles. The van der Waals surface area contributed by atoms with Crippen LogP contribution in [-0.2, 0) is 4.79 Å². The molecule has 3 N–H and O–H groups in total. The maximum Gasteiger partial charge on any atom is 0.242 e. The Labute approximate surface area is 166 Å². The monoisotopic (exact) mass is 462 g/mol. The molecule has 1 aliphatic carbocycles. The molecule has 0 saturated heterocycles. The normalized spacial score (nSPS) is 13.5. The van der Waals surface area contributed by atoms with E-state index in [1.165, 1.54) is 0 Å². The van der Waals surface area contributed by atoms with Crippen molar-refractivity contribution in [2.75, 3.05) is 32.1 Å². The van der Waals surface area contributed by atoms with Crippen LogP contribution in [0.5, 0.6) is 11.5 Å². The van der Waals surface area contributed by atoms with Crippen LogP contribution in [-0.4, -0.2) is 44.7 Å². The SMILES string of the molecule is CCNC(=NCC(=O)NC1CC1)Nc1ccc(OC)c(OCC)c1.I. The molecule has 0 aliphatic heterocycles. The van der Waals surface area contributed by atoms with Crippen molar-refractivity contribution in [1.82, 2.24) is 10.6 Å². The lowest BCUT2D eigenvalue weighted by molar-refractivity contribution is -0.119. The first kappa shape index (κ1) is 21.3. The molecule has 1 aliphatic rings. The number of amides is 1. The van der Waals surface area contributed by atoms with Crippen molar-refractivity contribution in [3.63, 3.8) is 0 Å². The third kappa shape index (κ3) is 7.37. The fourth-order valence-electron chi connectivity index (χ4n) is 2.12. The number of hydrogen-bond acceptors (Lipinski definition) is 4. The zero-order chi connectivity index (χ0) is 17.4. The Morgan fingerprint density at radius 2 is 2.04 bits per heavy atom. The number of anilines is 1. The average Bonchev–Trinajstić information content (AvgIpc) is 3.37. The summed E-state index contributed by atoms with van der Waals surface area (Å²) in [4.78, 5) is 16.1. The van der Waals surface area contributed by atoms with E-state index in [9.17, 15) is 4.79 Å². The van der Waals surface area contributed by atoms with Crippen molar-refractivity contribution in [3.8, 4) is 11.5 Å². The van der Waals surface area contributed by atoms with Gasteiger partial charge in [-0.05, 0) is 38.8 Å². The van der Waals surface area contributed by atoms with E-state index in [1.807, 2.05) is 32.0 Å². The molecule has 1 amide bonds. The lowest BCUT2D eigenvalue weighted by atomic mass is 10.2. The van der Waals surface area contributed by atoms with Gasteiger partial charge in [0.15, 0.2) is 17.5 Å². The van der Waals surface area contributed by atoms with Crippen molar-refractivity contribution in [2.24, 2.45) is 4.99 Å². The second-order valence-electron chi connectivity index (χ2n) is 5.46. The van der Waals surface area contributed by atoms with Gasteiger partial charge in [-0.1, -0.05) is 0 Å². The van der Waals surface area contributed by atoms with Gasteiger partial charge in [-0.3, -0.25) is 4.79 Å². The van der Waals surface area contributed by atoms with Crippen LogP contribution in [0.15, 0.2) is 23.2 Å². The number of aliphatic imine (C=N–C) groups is 1. The molecular formula is C17H27IN4O3. The quantitative estimate of drug-likeness (QED) is 0.314. The average molecular weight is 462 g/mol. The minimum atomic E-state index is -0.0561. The van der Waals surface area contributed by atoms with Gasteiger partial charge in [0, 0.05) is 24.3 Å². The Bertz CT molecular complexity index is 591. The van der Waals surface area contributed by atoms with Crippen LogP contribution in [0.4, 0.5) is 5.69 Å². The van der Waals surface area contributed by atoms with E-state index in [1.54, 1.807) is 7.11 Å². The number of carbonyl (C=O) groups excluding carboxylic acids is 1. The lowest BCUT2D eigenvalue weighted by Crippen LogP contribution is -2.33. The van der Waals surface area contributed by atoms with Crippen LogP contribution in [0.3, 0.4) is 0 Å². The summed E-state index contributed by atoms with van der Waals surface area (Å²) in [7, 11) is 1.61. The molecule has 25 heavy (non-hydrogen) atoms. The van der Waals surface area contributed by atoms with Crippen LogP contribution in [0.1, 0.15) is 26.7 Å². The third-order valence-electron chi connectivity index (χ3n) is 3.39. The molecule has 1 aromatic rings. The topological polar surface area (TPSA) is 84.0 Å². The van der Waals surface area contributed by atoms with E-state index in [0.717, 1.165) is 18.5 Å². The van der Waals surface area contributed by atoms with Crippen molar-refractivity contribution < 1.29 is 14.3 Å². The number of carbonyl (C=O) groups is 1. The first-order chi connectivity index (χ1) is 11.7. The molecule has 1 fully saturated rings. The van der Waals surface area contributed by atoms with Gasteiger partial charge in [-0.25, -0.2) is 4.99 Å². The number of ether oxygens (including phenoxy) is 2. The van der Waals surface area contributed by atoms with E-state index in [0.29, 0.717) is 36.7 Å². The number of methoxy groups -OCH3 is 1. The molecular weight excluding hydrogens is 435 g/mol. The van der Waals surface area contributed by atoms with Gasteiger partial charge in [-0.2, -0.15) is 0 Å². The van der Waals surface area contributed by atoms with Crippen LogP contribution < -0.4 is 25.4 Å². The maximum atomic E-state index is 11.8. The molecule has 0 bridgehead atoms. The highest BCUT2D eigenvalue weighted by atomic mass is 127. The Morgan fingerprint density at radius 1 is 1.28 bits per heavy atom. The first-order valence-corrected chi connectivity index (χ1v) is 8.31. The standard InChI is InChI=1S/C17H26N4O3.HI/c1-4-18-17(19-11-16(22)20-12-6-7-12)21-13-8-9-14(23-3)15(10-13)24-5-2;/h8-10,12H,4-7,11H2,1-3H3,(H,20,22)(H2,18,19,21);1H. The molecule has 140 valence electrons. The fraction of sp³-hybridized carbons (Fsp3) is 0.529. The Kier molecular flexibility index (Phi) is 9.40. The maximum absolute atomic E-state index is 11.8. The highest BCUT2D eigenvalue weighted by Gasteiger charge is 2.22. The molecule has 0 atom stereocenters. The number of benzene rings is 1. The number of rotatable bonds is 8. The molecule has 2 rings (SSSR count). The van der Waals surface area contributed by atoms with Gasteiger partial charge in [0.1, 0.15) is 6.54 Å². The second-order valence-corrected chi connectivity index (χ2v) is 5.46. The minimum absolute atomic E-state index is 0. The number of nitrogens with zero attached hydrogens (tertiary/aromatic N) is 1. The highest BCUT2D eigenvalue weighted by molar-refractivity contribution is 14.0. The Hall–Kier alpha value is -1.71. The van der Waals surface area contributed by atoms with Crippen molar-refractivity contribution in [2.45, 2.75) is 32.7 Å². The number of halogens is 1.